The summed E-state index contributed by atoms with van der Waals surface area (Å²) in [5, 5.41) is 14.4. The zero-order chi connectivity index (χ0) is 15.1. The maximum Gasteiger partial charge on any atom is 0.116 e. The number of phenols is 1. The van der Waals surface area contributed by atoms with Crippen molar-refractivity contribution in [1.82, 2.24) is 4.98 Å². The first-order valence-corrected chi connectivity index (χ1v) is 7.36. The van der Waals surface area contributed by atoms with Crippen molar-refractivity contribution in [2.45, 2.75) is 0 Å². The van der Waals surface area contributed by atoms with Gasteiger partial charge in [-0.2, -0.15) is 0 Å². The molecule has 4 rings (SSSR count). The largest absolute Gasteiger partial charge is 0.508 e. The molecule has 3 heteroatoms. The van der Waals surface area contributed by atoms with Crippen LogP contribution >= 0.6 is 11.6 Å². The van der Waals surface area contributed by atoms with Crippen LogP contribution in [0.25, 0.3) is 32.7 Å². The van der Waals surface area contributed by atoms with Gasteiger partial charge in [0.1, 0.15) is 5.75 Å². The molecule has 0 saturated carbocycles. The lowest BCUT2D eigenvalue weighted by molar-refractivity contribution is 0.476. The average Bonchev–Trinajstić information content (AvgIpc) is 2.55. The molecular formula is C19H12ClNO. The van der Waals surface area contributed by atoms with Gasteiger partial charge >= 0.3 is 0 Å². The van der Waals surface area contributed by atoms with E-state index < -0.39 is 0 Å². The Morgan fingerprint density at radius 1 is 0.773 bits per heavy atom. The van der Waals surface area contributed by atoms with E-state index in [1.807, 2.05) is 48.8 Å². The molecule has 1 N–H and O–H groups in total. The maximum atomic E-state index is 9.72. The van der Waals surface area contributed by atoms with E-state index in [1.165, 1.54) is 0 Å². The van der Waals surface area contributed by atoms with Crippen molar-refractivity contribution < 1.29 is 5.11 Å². The van der Waals surface area contributed by atoms with Gasteiger partial charge in [-0.25, -0.2) is 0 Å². The zero-order valence-corrected chi connectivity index (χ0v) is 12.4. The van der Waals surface area contributed by atoms with Gasteiger partial charge < -0.3 is 5.11 Å². The fourth-order valence-corrected chi connectivity index (χ4v) is 3.14. The van der Waals surface area contributed by atoms with Crippen LogP contribution in [0.5, 0.6) is 5.75 Å². The first kappa shape index (κ1) is 13.1. The third kappa shape index (κ3) is 2.00. The van der Waals surface area contributed by atoms with Gasteiger partial charge in [0, 0.05) is 34.3 Å². The van der Waals surface area contributed by atoms with Crippen molar-refractivity contribution >= 4 is 33.1 Å². The molecule has 0 bridgehead atoms. The molecule has 0 unspecified atom stereocenters. The molecule has 2 nitrogen and oxygen atoms in total. The minimum absolute atomic E-state index is 0.211. The van der Waals surface area contributed by atoms with Crippen LogP contribution in [-0.2, 0) is 0 Å². The van der Waals surface area contributed by atoms with Gasteiger partial charge in [-0.3, -0.25) is 4.98 Å². The molecule has 1 heterocycles. The highest BCUT2D eigenvalue weighted by Crippen LogP contribution is 2.38. The number of halogens is 1. The summed E-state index contributed by atoms with van der Waals surface area (Å²) in [7, 11) is 0. The summed E-state index contributed by atoms with van der Waals surface area (Å²) in [6.07, 6.45) is 3.68. The Hall–Kier alpha value is -2.58. The molecule has 0 aliphatic heterocycles. The normalized spacial score (nSPS) is 11.1. The summed E-state index contributed by atoms with van der Waals surface area (Å²) < 4.78 is 0. The lowest BCUT2D eigenvalue weighted by Gasteiger charge is -2.10. The molecule has 106 valence electrons. The molecule has 1 aromatic heterocycles. The van der Waals surface area contributed by atoms with Crippen molar-refractivity contribution in [2.75, 3.05) is 0 Å². The number of phenolic OH excluding ortho intramolecular Hbond substituents is 1. The highest BCUT2D eigenvalue weighted by molar-refractivity contribution is 6.38. The fourth-order valence-electron chi connectivity index (χ4n) is 2.81. The van der Waals surface area contributed by atoms with E-state index in [4.69, 9.17) is 11.6 Å². The van der Waals surface area contributed by atoms with E-state index >= 15 is 0 Å². The number of hydrogen-bond acceptors (Lipinski definition) is 2. The number of benzene rings is 3. The first-order chi connectivity index (χ1) is 10.7. The highest BCUT2D eigenvalue weighted by Gasteiger charge is 2.11. The minimum atomic E-state index is 0.211. The van der Waals surface area contributed by atoms with Gasteiger partial charge in [0.25, 0.3) is 0 Å². The van der Waals surface area contributed by atoms with E-state index in [-0.39, 0.29) is 5.75 Å². The lowest BCUT2D eigenvalue weighted by Crippen LogP contribution is -1.86. The Balaban J connectivity index is 2.06. The second-order valence-electron chi connectivity index (χ2n) is 5.24. The van der Waals surface area contributed by atoms with Gasteiger partial charge in [0.05, 0.1) is 5.02 Å². The van der Waals surface area contributed by atoms with Crippen LogP contribution in [0, 0.1) is 0 Å². The van der Waals surface area contributed by atoms with Crippen LogP contribution in [0.3, 0.4) is 0 Å². The summed E-state index contributed by atoms with van der Waals surface area (Å²) >= 11 is 6.61. The van der Waals surface area contributed by atoms with E-state index in [0.717, 1.165) is 32.7 Å². The van der Waals surface area contributed by atoms with Crippen LogP contribution < -0.4 is 0 Å². The molecule has 0 spiro atoms. The molecule has 22 heavy (non-hydrogen) atoms. The third-order valence-corrected chi connectivity index (χ3v) is 4.30. The van der Waals surface area contributed by atoms with Crippen LogP contribution in [0.4, 0.5) is 0 Å². The first-order valence-electron chi connectivity index (χ1n) is 6.98. The molecule has 0 amide bonds. The van der Waals surface area contributed by atoms with Crippen molar-refractivity contribution in [1.29, 1.82) is 0 Å². The van der Waals surface area contributed by atoms with Crippen LogP contribution in [0.2, 0.25) is 5.02 Å². The number of fused-ring (bicyclic) bond motifs is 2. The van der Waals surface area contributed by atoms with Crippen molar-refractivity contribution in [3.05, 3.63) is 72.0 Å². The Morgan fingerprint density at radius 3 is 2.50 bits per heavy atom. The summed E-state index contributed by atoms with van der Waals surface area (Å²) in [6, 6.07) is 17.3. The number of aromatic nitrogens is 1. The maximum absolute atomic E-state index is 9.72. The van der Waals surface area contributed by atoms with Gasteiger partial charge in [0.15, 0.2) is 0 Å². The van der Waals surface area contributed by atoms with Crippen molar-refractivity contribution in [2.24, 2.45) is 0 Å². The number of pyridine rings is 1. The summed E-state index contributed by atoms with van der Waals surface area (Å²) in [6.45, 7) is 0. The number of aromatic hydroxyl groups is 1. The topological polar surface area (TPSA) is 33.1 Å². The Morgan fingerprint density at radius 2 is 1.59 bits per heavy atom. The monoisotopic (exact) mass is 305 g/mol. The van der Waals surface area contributed by atoms with E-state index in [1.54, 1.807) is 12.1 Å². The Bertz CT molecular complexity index is 1010. The molecule has 0 fully saturated rings. The predicted octanol–water partition coefficient (Wildman–Crippen LogP) is 5.41. The number of nitrogens with zero attached hydrogens (tertiary/aromatic N) is 1. The molecule has 0 radical (unpaired) electrons. The van der Waals surface area contributed by atoms with E-state index in [9.17, 15) is 5.11 Å². The van der Waals surface area contributed by atoms with Gasteiger partial charge in [0.2, 0.25) is 0 Å². The van der Waals surface area contributed by atoms with Crippen LogP contribution in [0.15, 0.2) is 67.0 Å². The summed E-state index contributed by atoms with van der Waals surface area (Å²) in [4.78, 5) is 4.32. The van der Waals surface area contributed by atoms with Gasteiger partial charge in [-0.1, -0.05) is 54.1 Å². The van der Waals surface area contributed by atoms with E-state index in [2.05, 4.69) is 11.1 Å². The van der Waals surface area contributed by atoms with Gasteiger partial charge in [-0.15, -0.1) is 0 Å². The SMILES string of the molecule is Oc1ccc2ccc(-c3cncc4ccccc34)c(Cl)c2c1. The average molecular weight is 306 g/mol. The van der Waals surface area contributed by atoms with Crippen molar-refractivity contribution in [3.8, 4) is 16.9 Å². The molecule has 0 atom stereocenters. The van der Waals surface area contributed by atoms with E-state index in [0.29, 0.717) is 5.02 Å². The highest BCUT2D eigenvalue weighted by atomic mass is 35.5. The summed E-state index contributed by atoms with van der Waals surface area (Å²) in [5.74, 6) is 0.211. The third-order valence-electron chi connectivity index (χ3n) is 3.90. The quantitative estimate of drug-likeness (QED) is 0.510. The Labute approximate surface area is 132 Å². The Kier molecular flexibility index (Phi) is 2.98. The molecule has 4 aromatic rings. The minimum Gasteiger partial charge on any atom is -0.508 e. The second kappa shape index (κ2) is 5.00. The number of rotatable bonds is 1. The summed E-state index contributed by atoms with van der Waals surface area (Å²) in [5.41, 5.74) is 1.91. The number of hydrogen-bond donors (Lipinski definition) is 1. The predicted molar refractivity (Wildman–Crippen MR) is 91.4 cm³/mol. The van der Waals surface area contributed by atoms with Crippen molar-refractivity contribution in [3.63, 3.8) is 0 Å². The molecule has 0 aliphatic carbocycles. The van der Waals surface area contributed by atoms with Crippen LogP contribution in [0.1, 0.15) is 0 Å². The lowest BCUT2D eigenvalue weighted by atomic mass is 9.98. The molecule has 0 saturated heterocycles. The molecule has 0 aliphatic rings. The molecular weight excluding hydrogens is 294 g/mol. The smallest absolute Gasteiger partial charge is 0.116 e. The van der Waals surface area contributed by atoms with Gasteiger partial charge in [-0.05, 0) is 22.9 Å². The standard InChI is InChI=1S/C19H12ClNO/c20-19-16(8-6-12-5-7-14(22)9-17(12)19)18-11-21-10-13-3-1-2-4-15(13)18/h1-11,22H. The second-order valence-corrected chi connectivity index (χ2v) is 5.62. The fraction of sp³-hybridized carbons (Fsp3) is 0. The molecule has 3 aromatic carbocycles. The zero-order valence-electron chi connectivity index (χ0n) is 11.6. The van der Waals surface area contributed by atoms with Crippen LogP contribution in [-0.4, -0.2) is 10.1 Å².